The molecule has 0 aromatic heterocycles. The van der Waals surface area contributed by atoms with E-state index < -0.39 is 17.9 Å². The summed E-state index contributed by atoms with van der Waals surface area (Å²) in [5, 5.41) is 7.79. The van der Waals surface area contributed by atoms with Gasteiger partial charge >= 0.3 is 5.97 Å². The Morgan fingerprint density at radius 1 is 1.29 bits per heavy atom. The van der Waals surface area contributed by atoms with Crippen LogP contribution in [0.3, 0.4) is 0 Å². The van der Waals surface area contributed by atoms with Crippen molar-refractivity contribution in [2.24, 2.45) is 0 Å². The summed E-state index contributed by atoms with van der Waals surface area (Å²) in [6, 6.07) is 6.40. The van der Waals surface area contributed by atoms with Crippen molar-refractivity contribution in [1.29, 1.82) is 0 Å². The lowest BCUT2D eigenvalue weighted by atomic mass is 10.0. The molecule has 3 N–H and O–H groups in total. The first-order chi connectivity index (χ1) is 11.5. The highest BCUT2D eigenvalue weighted by Crippen LogP contribution is 2.11. The summed E-state index contributed by atoms with van der Waals surface area (Å²) in [6.45, 7) is 0.0678. The number of carbonyl (C=O) groups excluding carboxylic acids is 4. The highest BCUT2D eigenvalue weighted by molar-refractivity contribution is 6.00. The fraction of sp³-hybridized carbons (Fsp3) is 0.375. The molecular formula is C16H19N3O5. The summed E-state index contributed by atoms with van der Waals surface area (Å²) in [7, 11) is 1.24. The molecule has 8 nitrogen and oxygen atoms in total. The number of piperidine rings is 1. The normalized spacial score (nSPS) is 17.1. The Morgan fingerprint density at radius 2 is 2.04 bits per heavy atom. The summed E-state index contributed by atoms with van der Waals surface area (Å²) >= 11 is 0. The van der Waals surface area contributed by atoms with Gasteiger partial charge in [0.2, 0.25) is 11.8 Å². The van der Waals surface area contributed by atoms with Crippen molar-refractivity contribution in [3.05, 3.63) is 35.4 Å². The SMILES string of the molecule is COC(=O)CNC(=O)c1ccccc1CNC1CCC(=O)NC1=O. The van der Waals surface area contributed by atoms with E-state index in [2.05, 4.69) is 20.7 Å². The zero-order chi connectivity index (χ0) is 17.5. The van der Waals surface area contributed by atoms with Crippen LogP contribution in [0.1, 0.15) is 28.8 Å². The molecule has 1 aromatic rings. The summed E-state index contributed by atoms with van der Waals surface area (Å²) in [6.07, 6.45) is 0.700. The van der Waals surface area contributed by atoms with Crippen LogP contribution in [-0.2, 0) is 25.7 Å². The maximum absolute atomic E-state index is 12.2. The average molecular weight is 333 g/mol. The third-order valence-corrected chi connectivity index (χ3v) is 3.66. The molecule has 1 aromatic carbocycles. The van der Waals surface area contributed by atoms with Crippen molar-refractivity contribution in [2.75, 3.05) is 13.7 Å². The molecule has 0 bridgehead atoms. The molecule has 1 saturated heterocycles. The highest BCUT2D eigenvalue weighted by atomic mass is 16.5. The van der Waals surface area contributed by atoms with E-state index in [0.29, 0.717) is 17.5 Å². The van der Waals surface area contributed by atoms with E-state index in [1.165, 1.54) is 7.11 Å². The minimum atomic E-state index is -0.539. The highest BCUT2D eigenvalue weighted by Gasteiger charge is 2.26. The Balaban J connectivity index is 1.98. The second-order valence-corrected chi connectivity index (χ2v) is 5.30. The van der Waals surface area contributed by atoms with E-state index in [0.717, 1.165) is 0 Å². The number of methoxy groups -OCH3 is 1. The third kappa shape index (κ3) is 4.63. The van der Waals surface area contributed by atoms with Crippen molar-refractivity contribution < 1.29 is 23.9 Å². The van der Waals surface area contributed by atoms with Crippen molar-refractivity contribution in [3.63, 3.8) is 0 Å². The van der Waals surface area contributed by atoms with Gasteiger partial charge in [-0.2, -0.15) is 0 Å². The van der Waals surface area contributed by atoms with Gasteiger partial charge in [-0.15, -0.1) is 0 Å². The van der Waals surface area contributed by atoms with Crippen molar-refractivity contribution in [3.8, 4) is 0 Å². The van der Waals surface area contributed by atoms with Crippen molar-refractivity contribution >= 4 is 23.7 Å². The first-order valence-electron chi connectivity index (χ1n) is 7.51. The molecule has 1 fully saturated rings. The van der Waals surface area contributed by atoms with Crippen LogP contribution in [-0.4, -0.2) is 43.4 Å². The van der Waals surface area contributed by atoms with Gasteiger partial charge in [-0.3, -0.25) is 24.5 Å². The topological polar surface area (TPSA) is 114 Å². The quantitative estimate of drug-likeness (QED) is 0.477. The van der Waals surface area contributed by atoms with Crippen molar-refractivity contribution in [1.82, 2.24) is 16.0 Å². The summed E-state index contributed by atoms with van der Waals surface area (Å²) in [5.41, 5.74) is 1.09. The van der Waals surface area contributed by atoms with Crippen LogP contribution in [0.15, 0.2) is 24.3 Å². The van der Waals surface area contributed by atoms with E-state index in [1.54, 1.807) is 24.3 Å². The summed E-state index contributed by atoms with van der Waals surface area (Å²) in [4.78, 5) is 46.1. The van der Waals surface area contributed by atoms with Gasteiger partial charge in [0.05, 0.1) is 13.2 Å². The number of amides is 3. The van der Waals surface area contributed by atoms with Crippen LogP contribution in [0.25, 0.3) is 0 Å². The number of esters is 1. The molecule has 1 heterocycles. The molecule has 1 aliphatic heterocycles. The minimum Gasteiger partial charge on any atom is -0.468 e. The largest absolute Gasteiger partial charge is 0.468 e. The molecule has 0 spiro atoms. The number of benzene rings is 1. The number of ether oxygens (including phenoxy) is 1. The zero-order valence-electron chi connectivity index (χ0n) is 13.3. The molecule has 1 atom stereocenters. The number of rotatable bonds is 6. The predicted molar refractivity (Wildman–Crippen MR) is 83.8 cm³/mol. The van der Waals surface area contributed by atoms with Crippen LogP contribution in [0.4, 0.5) is 0 Å². The molecule has 0 radical (unpaired) electrons. The molecule has 1 aliphatic rings. The molecule has 2 rings (SSSR count). The van der Waals surface area contributed by atoms with Gasteiger partial charge in [0.1, 0.15) is 6.54 Å². The van der Waals surface area contributed by atoms with E-state index in [-0.39, 0.29) is 31.3 Å². The van der Waals surface area contributed by atoms with E-state index in [4.69, 9.17) is 0 Å². The second kappa shape index (κ2) is 8.21. The van der Waals surface area contributed by atoms with Crippen LogP contribution >= 0.6 is 0 Å². The van der Waals surface area contributed by atoms with E-state index in [9.17, 15) is 19.2 Å². The molecule has 0 aliphatic carbocycles. The number of hydrogen-bond acceptors (Lipinski definition) is 6. The summed E-state index contributed by atoms with van der Waals surface area (Å²) in [5.74, 6) is -1.58. The van der Waals surface area contributed by atoms with Gasteiger partial charge in [-0.25, -0.2) is 0 Å². The van der Waals surface area contributed by atoms with Crippen LogP contribution in [0.5, 0.6) is 0 Å². The monoisotopic (exact) mass is 333 g/mol. The molecule has 128 valence electrons. The lowest BCUT2D eigenvalue weighted by Gasteiger charge is -2.22. The summed E-state index contributed by atoms with van der Waals surface area (Å²) < 4.78 is 4.48. The molecule has 8 heteroatoms. The fourth-order valence-corrected chi connectivity index (χ4v) is 2.34. The van der Waals surface area contributed by atoms with Crippen LogP contribution in [0.2, 0.25) is 0 Å². The molecule has 3 amide bonds. The second-order valence-electron chi connectivity index (χ2n) is 5.30. The maximum Gasteiger partial charge on any atom is 0.325 e. The maximum atomic E-state index is 12.2. The predicted octanol–water partition coefficient (Wildman–Crippen LogP) is -0.516. The Morgan fingerprint density at radius 3 is 2.75 bits per heavy atom. The number of hydrogen-bond donors (Lipinski definition) is 3. The standard InChI is InChI=1S/C16H19N3O5/c1-24-14(21)9-18-15(22)11-5-3-2-4-10(11)8-17-12-6-7-13(20)19-16(12)23/h2-5,12,17H,6-9H2,1H3,(H,18,22)(H,19,20,23). The van der Waals surface area contributed by atoms with E-state index >= 15 is 0 Å². The first kappa shape index (κ1) is 17.6. The Kier molecular flexibility index (Phi) is 6.02. The first-order valence-corrected chi connectivity index (χ1v) is 7.51. The minimum absolute atomic E-state index is 0.218. The molecule has 1 unspecified atom stereocenters. The Hall–Kier alpha value is -2.74. The van der Waals surface area contributed by atoms with Crippen molar-refractivity contribution in [2.45, 2.75) is 25.4 Å². The molecule has 0 saturated carbocycles. The van der Waals surface area contributed by atoms with Gasteiger partial charge in [0.25, 0.3) is 5.91 Å². The zero-order valence-corrected chi connectivity index (χ0v) is 13.3. The van der Waals surface area contributed by atoms with Gasteiger partial charge in [0, 0.05) is 18.5 Å². The number of imide groups is 1. The molecule has 24 heavy (non-hydrogen) atoms. The van der Waals surface area contributed by atoms with Gasteiger partial charge < -0.3 is 15.4 Å². The Bertz CT molecular complexity index is 659. The number of nitrogens with one attached hydrogen (secondary N) is 3. The van der Waals surface area contributed by atoms with Crippen LogP contribution in [0, 0.1) is 0 Å². The lowest BCUT2D eigenvalue weighted by molar-refractivity contribution is -0.139. The Labute approximate surface area is 138 Å². The van der Waals surface area contributed by atoms with Crippen LogP contribution < -0.4 is 16.0 Å². The fourth-order valence-electron chi connectivity index (χ4n) is 2.34. The third-order valence-electron chi connectivity index (χ3n) is 3.66. The smallest absolute Gasteiger partial charge is 0.325 e. The van der Waals surface area contributed by atoms with Gasteiger partial charge in [0.15, 0.2) is 0 Å². The molecular weight excluding hydrogens is 314 g/mol. The lowest BCUT2D eigenvalue weighted by Crippen LogP contribution is -2.50. The van der Waals surface area contributed by atoms with E-state index in [1.807, 2.05) is 0 Å². The van der Waals surface area contributed by atoms with Gasteiger partial charge in [-0.1, -0.05) is 18.2 Å². The van der Waals surface area contributed by atoms with Gasteiger partial charge in [-0.05, 0) is 18.1 Å². The average Bonchev–Trinajstić information content (AvgIpc) is 2.58. The number of carbonyl (C=O) groups is 4.